The molecular weight excluding hydrogens is 252 g/mol. The highest BCUT2D eigenvalue weighted by atomic mass is 32.2. The summed E-state index contributed by atoms with van der Waals surface area (Å²) in [6.45, 7) is 4.54. The maximum absolute atomic E-state index is 11.1. The minimum atomic E-state index is -0.357. The highest BCUT2D eigenvalue weighted by Gasteiger charge is 2.19. The van der Waals surface area contributed by atoms with Crippen LogP contribution in [0.4, 0.5) is 11.4 Å². The molecule has 1 unspecified atom stereocenters. The number of nitro groups is 1. The van der Waals surface area contributed by atoms with Gasteiger partial charge in [-0.1, -0.05) is 13.0 Å². The number of thioether (sulfide) groups is 1. The van der Waals surface area contributed by atoms with E-state index in [0.717, 1.165) is 0 Å². The van der Waals surface area contributed by atoms with Gasteiger partial charge in [0.15, 0.2) is 0 Å². The third-order valence-corrected chi connectivity index (χ3v) is 3.76. The first-order valence-corrected chi connectivity index (χ1v) is 6.83. The Morgan fingerprint density at radius 3 is 2.83 bits per heavy atom. The highest BCUT2D eigenvalue weighted by Crippen LogP contribution is 2.36. The van der Waals surface area contributed by atoms with Gasteiger partial charge in [-0.05, 0) is 25.0 Å². The van der Waals surface area contributed by atoms with Crippen LogP contribution in [0.15, 0.2) is 23.1 Å². The van der Waals surface area contributed by atoms with Gasteiger partial charge >= 0.3 is 5.69 Å². The molecule has 0 spiro atoms. The van der Waals surface area contributed by atoms with Crippen molar-refractivity contribution in [3.63, 3.8) is 0 Å². The molecule has 6 heteroatoms. The van der Waals surface area contributed by atoms with Crippen molar-refractivity contribution in [2.75, 3.05) is 24.2 Å². The van der Waals surface area contributed by atoms with Crippen molar-refractivity contribution in [2.45, 2.75) is 18.7 Å². The summed E-state index contributed by atoms with van der Waals surface area (Å²) < 4.78 is 0. The fourth-order valence-electron chi connectivity index (χ4n) is 1.44. The van der Waals surface area contributed by atoms with Crippen LogP contribution in [0.2, 0.25) is 0 Å². The van der Waals surface area contributed by atoms with Gasteiger partial charge in [0, 0.05) is 18.9 Å². The predicted octanol–water partition coefficient (Wildman–Crippen LogP) is 2.75. The van der Waals surface area contributed by atoms with Crippen molar-refractivity contribution in [1.29, 1.82) is 0 Å². The summed E-state index contributed by atoms with van der Waals surface area (Å²) in [7, 11) is 0. The number of hydrogen-bond acceptors (Lipinski definition) is 5. The van der Waals surface area contributed by atoms with Gasteiger partial charge in [-0.3, -0.25) is 10.1 Å². The maximum atomic E-state index is 11.1. The topological polar surface area (TPSA) is 75.4 Å². The van der Waals surface area contributed by atoms with Crippen molar-refractivity contribution in [1.82, 2.24) is 0 Å². The molecule has 0 saturated heterocycles. The van der Waals surface area contributed by atoms with Gasteiger partial charge in [0.2, 0.25) is 0 Å². The zero-order valence-electron chi connectivity index (χ0n) is 10.5. The van der Waals surface area contributed by atoms with Crippen molar-refractivity contribution in [2.24, 2.45) is 5.92 Å². The molecule has 1 aromatic carbocycles. The number of para-hydroxylation sites is 1. The van der Waals surface area contributed by atoms with E-state index in [9.17, 15) is 10.1 Å². The van der Waals surface area contributed by atoms with Crippen LogP contribution < -0.4 is 5.32 Å². The Labute approximate surface area is 111 Å². The van der Waals surface area contributed by atoms with Crippen LogP contribution in [-0.4, -0.2) is 28.9 Å². The molecule has 2 N–H and O–H groups in total. The van der Waals surface area contributed by atoms with Crippen LogP contribution in [0.5, 0.6) is 0 Å². The van der Waals surface area contributed by atoms with E-state index in [1.54, 1.807) is 18.2 Å². The average Bonchev–Trinajstić information content (AvgIpc) is 2.36. The summed E-state index contributed by atoms with van der Waals surface area (Å²) in [5.74, 6) is 0.782. The summed E-state index contributed by atoms with van der Waals surface area (Å²) in [6, 6.07) is 5.26. The number of anilines is 1. The van der Waals surface area contributed by atoms with Gasteiger partial charge < -0.3 is 10.4 Å². The molecule has 100 valence electrons. The molecule has 0 amide bonds. The molecule has 0 radical (unpaired) electrons. The molecular formula is C12H18N2O3S. The second-order valence-corrected chi connectivity index (χ2v) is 5.10. The lowest BCUT2D eigenvalue weighted by Gasteiger charge is -2.10. The quantitative estimate of drug-likeness (QED) is 0.452. The Bertz CT molecular complexity index is 412. The normalized spacial score (nSPS) is 12.2. The standard InChI is InChI=1S/C12H18N2O3S/c1-3-13-10-5-4-6-11(12(10)14(16)17)18-8-9(2)7-15/h4-6,9,13,15H,3,7-8H2,1-2H3. The molecule has 0 aromatic heterocycles. The third kappa shape index (κ3) is 3.89. The number of nitrogens with zero attached hydrogens (tertiary/aromatic N) is 1. The minimum Gasteiger partial charge on any atom is -0.396 e. The molecule has 0 fully saturated rings. The third-order valence-electron chi connectivity index (χ3n) is 2.38. The molecule has 1 aromatic rings. The Balaban J connectivity index is 2.95. The zero-order valence-corrected chi connectivity index (χ0v) is 11.4. The second kappa shape index (κ2) is 7.23. The summed E-state index contributed by atoms with van der Waals surface area (Å²) >= 11 is 1.41. The number of nitrogens with one attached hydrogen (secondary N) is 1. The maximum Gasteiger partial charge on any atom is 0.305 e. The minimum absolute atomic E-state index is 0.0910. The van der Waals surface area contributed by atoms with E-state index in [-0.39, 0.29) is 23.1 Å². The second-order valence-electron chi connectivity index (χ2n) is 4.04. The Morgan fingerprint density at radius 1 is 1.56 bits per heavy atom. The van der Waals surface area contributed by atoms with Crippen molar-refractivity contribution >= 4 is 23.1 Å². The van der Waals surface area contributed by atoms with Crippen molar-refractivity contribution in [3.05, 3.63) is 28.3 Å². The van der Waals surface area contributed by atoms with Crippen LogP contribution in [-0.2, 0) is 0 Å². The first-order chi connectivity index (χ1) is 8.60. The summed E-state index contributed by atoms with van der Waals surface area (Å²) in [5.41, 5.74) is 0.665. The average molecular weight is 270 g/mol. The van der Waals surface area contributed by atoms with E-state index in [1.165, 1.54) is 11.8 Å². The predicted molar refractivity (Wildman–Crippen MR) is 74.2 cm³/mol. The Hall–Kier alpha value is -1.27. The molecule has 0 aliphatic heterocycles. The molecule has 0 bridgehead atoms. The molecule has 1 atom stereocenters. The van der Waals surface area contributed by atoms with Gasteiger partial charge in [-0.2, -0.15) is 0 Å². The van der Waals surface area contributed by atoms with Gasteiger partial charge in [0.05, 0.1) is 9.82 Å². The van der Waals surface area contributed by atoms with E-state index in [4.69, 9.17) is 5.11 Å². The van der Waals surface area contributed by atoms with Gasteiger partial charge in [-0.15, -0.1) is 11.8 Å². The van der Waals surface area contributed by atoms with Crippen molar-refractivity contribution in [3.8, 4) is 0 Å². The summed E-state index contributed by atoms with van der Waals surface area (Å²) in [6.07, 6.45) is 0. The lowest BCUT2D eigenvalue weighted by atomic mass is 10.2. The van der Waals surface area contributed by atoms with E-state index >= 15 is 0 Å². The Morgan fingerprint density at radius 2 is 2.28 bits per heavy atom. The molecule has 1 rings (SSSR count). The number of aliphatic hydroxyl groups excluding tert-OH is 1. The fraction of sp³-hybridized carbons (Fsp3) is 0.500. The number of nitro benzene ring substituents is 1. The highest BCUT2D eigenvalue weighted by molar-refractivity contribution is 7.99. The lowest BCUT2D eigenvalue weighted by Crippen LogP contribution is -2.05. The Kier molecular flexibility index (Phi) is 5.94. The molecule has 0 aliphatic carbocycles. The summed E-state index contributed by atoms with van der Waals surface area (Å²) in [4.78, 5) is 11.4. The SMILES string of the molecule is CCNc1cccc(SCC(C)CO)c1[N+](=O)[O-]. The number of aliphatic hydroxyl groups is 1. The molecule has 0 aliphatic rings. The van der Waals surface area contributed by atoms with Crippen LogP contribution in [0.1, 0.15) is 13.8 Å². The van der Waals surface area contributed by atoms with Crippen LogP contribution in [0.25, 0.3) is 0 Å². The largest absolute Gasteiger partial charge is 0.396 e. The van der Waals surface area contributed by atoms with Crippen LogP contribution in [0, 0.1) is 16.0 Å². The summed E-state index contributed by atoms with van der Waals surface area (Å²) in [5, 5.41) is 23.1. The van der Waals surface area contributed by atoms with E-state index in [0.29, 0.717) is 22.9 Å². The van der Waals surface area contributed by atoms with E-state index in [1.807, 2.05) is 13.8 Å². The van der Waals surface area contributed by atoms with Gasteiger partial charge in [-0.25, -0.2) is 0 Å². The molecule has 0 saturated carbocycles. The lowest BCUT2D eigenvalue weighted by molar-refractivity contribution is -0.386. The van der Waals surface area contributed by atoms with Crippen LogP contribution in [0.3, 0.4) is 0 Å². The monoisotopic (exact) mass is 270 g/mol. The van der Waals surface area contributed by atoms with E-state index in [2.05, 4.69) is 5.32 Å². The van der Waals surface area contributed by atoms with Crippen molar-refractivity contribution < 1.29 is 10.0 Å². The molecule has 0 heterocycles. The van der Waals surface area contributed by atoms with Gasteiger partial charge in [0.25, 0.3) is 0 Å². The number of rotatable bonds is 7. The fourth-order valence-corrected chi connectivity index (χ4v) is 2.51. The van der Waals surface area contributed by atoms with Gasteiger partial charge in [0.1, 0.15) is 5.69 Å². The van der Waals surface area contributed by atoms with Crippen LogP contribution >= 0.6 is 11.8 Å². The number of benzene rings is 1. The smallest absolute Gasteiger partial charge is 0.305 e. The first kappa shape index (κ1) is 14.8. The number of hydrogen-bond donors (Lipinski definition) is 2. The molecule has 18 heavy (non-hydrogen) atoms. The molecule has 5 nitrogen and oxygen atoms in total. The zero-order chi connectivity index (χ0) is 13.5. The first-order valence-electron chi connectivity index (χ1n) is 5.85. The van der Waals surface area contributed by atoms with E-state index < -0.39 is 0 Å².